The number of carbonyl (C=O) groups is 2. The molecule has 1 N–H and O–H groups in total. The van der Waals surface area contributed by atoms with E-state index < -0.39 is 29.3 Å². The fourth-order valence-corrected chi connectivity index (χ4v) is 1.80. The molecule has 25 heavy (non-hydrogen) atoms. The van der Waals surface area contributed by atoms with Crippen LogP contribution in [0.15, 0.2) is 46.9 Å². The van der Waals surface area contributed by atoms with Gasteiger partial charge in [-0.2, -0.15) is 0 Å². The van der Waals surface area contributed by atoms with Crippen molar-refractivity contribution in [3.63, 3.8) is 0 Å². The average Bonchev–Trinajstić information content (AvgIpc) is 3.08. The molecule has 0 spiro atoms. The Morgan fingerprint density at radius 2 is 2.04 bits per heavy atom. The fourth-order valence-electron chi connectivity index (χ4n) is 1.80. The maximum absolute atomic E-state index is 11.8. The van der Waals surface area contributed by atoms with E-state index in [0.29, 0.717) is 11.4 Å². The van der Waals surface area contributed by atoms with Crippen LogP contribution in [-0.2, 0) is 14.3 Å². The van der Waals surface area contributed by atoms with Crippen molar-refractivity contribution < 1.29 is 28.4 Å². The summed E-state index contributed by atoms with van der Waals surface area (Å²) in [5, 5.41) is 13.0. The number of amides is 1. The molecule has 0 atom stereocenters. The van der Waals surface area contributed by atoms with Crippen LogP contribution in [0.4, 0.5) is 11.6 Å². The second-order valence-corrected chi connectivity index (χ2v) is 4.62. The minimum absolute atomic E-state index is 0.113. The Balaban J connectivity index is 1.83. The van der Waals surface area contributed by atoms with Gasteiger partial charge in [-0.1, -0.05) is 12.1 Å². The number of benzene rings is 1. The molecule has 0 fully saturated rings. The van der Waals surface area contributed by atoms with Gasteiger partial charge < -0.3 is 19.2 Å². The second kappa shape index (κ2) is 8.29. The number of nitrogens with zero attached hydrogens (tertiary/aromatic N) is 1. The van der Waals surface area contributed by atoms with Crippen molar-refractivity contribution >= 4 is 29.5 Å². The van der Waals surface area contributed by atoms with Crippen molar-refractivity contribution in [2.24, 2.45) is 0 Å². The van der Waals surface area contributed by atoms with Gasteiger partial charge in [0.1, 0.15) is 16.4 Å². The van der Waals surface area contributed by atoms with E-state index in [9.17, 15) is 19.7 Å². The number of anilines is 1. The summed E-state index contributed by atoms with van der Waals surface area (Å²) in [6.07, 6.45) is 2.20. The molecule has 2 aromatic rings. The predicted octanol–water partition coefficient (Wildman–Crippen LogP) is 2.39. The molecule has 0 aliphatic rings. The standard InChI is InChI=1S/C16H14N2O7/c1-23-13-5-3-2-4-12(13)17-14(19)10-24-16(20)9-7-11-6-8-15(25-11)18(21)22/h2-9H,10H2,1H3,(H,17,19)/b9-7+. The first-order valence-corrected chi connectivity index (χ1v) is 7.01. The Morgan fingerprint density at radius 3 is 2.72 bits per heavy atom. The summed E-state index contributed by atoms with van der Waals surface area (Å²) >= 11 is 0. The number of para-hydroxylation sites is 2. The zero-order chi connectivity index (χ0) is 18.2. The number of carbonyl (C=O) groups excluding carboxylic acids is 2. The van der Waals surface area contributed by atoms with Gasteiger partial charge in [0.2, 0.25) is 0 Å². The lowest BCUT2D eigenvalue weighted by molar-refractivity contribution is -0.402. The van der Waals surface area contributed by atoms with Crippen molar-refractivity contribution in [1.82, 2.24) is 0 Å². The molecule has 0 unspecified atom stereocenters. The molecule has 0 aliphatic heterocycles. The number of nitrogens with one attached hydrogen (secondary N) is 1. The third-order valence-corrected chi connectivity index (χ3v) is 2.90. The molecule has 9 nitrogen and oxygen atoms in total. The maximum Gasteiger partial charge on any atom is 0.433 e. The highest BCUT2D eigenvalue weighted by Crippen LogP contribution is 2.22. The van der Waals surface area contributed by atoms with E-state index in [1.54, 1.807) is 24.3 Å². The van der Waals surface area contributed by atoms with E-state index in [4.69, 9.17) is 13.9 Å². The van der Waals surface area contributed by atoms with Crippen LogP contribution in [-0.4, -0.2) is 30.5 Å². The summed E-state index contributed by atoms with van der Waals surface area (Å²) in [5.41, 5.74) is 0.449. The summed E-state index contributed by atoms with van der Waals surface area (Å²) in [6.45, 7) is -0.500. The number of rotatable bonds is 7. The molecule has 1 aromatic carbocycles. The first-order chi connectivity index (χ1) is 12.0. The molecule has 1 amide bonds. The van der Waals surface area contributed by atoms with Crippen molar-refractivity contribution in [1.29, 1.82) is 0 Å². The van der Waals surface area contributed by atoms with Crippen LogP contribution in [0, 0.1) is 10.1 Å². The highest BCUT2D eigenvalue weighted by molar-refractivity contribution is 5.95. The van der Waals surface area contributed by atoms with Crippen molar-refractivity contribution in [2.45, 2.75) is 0 Å². The molecular formula is C16H14N2O7. The van der Waals surface area contributed by atoms with Gasteiger partial charge in [0.15, 0.2) is 6.61 Å². The third-order valence-electron chi connectivity index (χ3n) is 2.90. The van der Waals surface area contributed by atoms with Crippen LogP contribution in [0.3, 0.4) is 0 Å². The van der Waals surface area contributed by atoms with E-state index >= 15 is 0 Å². The number of esters is 1. The molecule has 1 heterocycles. The Labute approximate surface area is 142 Å². The number of ether oxygens (including phenoxy) is 2. The Hall–Kier alpha value is -3.62. The third kappa shape index (κ3) is 5.20. The van der Waals surface area contributed by atoms with Crippen LogP contribution in [0.1, 0.15) is 5.76 Å². The molecule has 0 bridgehead atoms. The van der Waals surface area contributed by atoms with Crippen molar-refractivity contribution in [2.75, 3.05) is 19.0 Å². The molecule has 1 aromatic heterocycles. The van der Waals surface area contributed by atoms with Gasteiger partial charge in [0, 0.05) is 6.08 Å². The summed E-state index contributed by atoms with van der Waals surface area (Å²) in [4.78, 5) is 33.1. The van der Waals surface area contributed by atoms with E-state index in [1.165, 1.54) is 19.3 Å². The normalized spacial score (nSPS) is 10.4. The molecule has 0 saturated carbocycles. The Morgan fingerprint density at radius 1 is 1.28 bits per heavy atom. The smallest absolute Gasteiger partial charge is 0.433 e. The van der Waals surface area contributed by atoms with E-state index in [1.807, 2.05) is 0 Å². The van der Waals surface area contributed by atoms with Gasteiger partial charge in [-0.3, -0.25) is 14.9 Å². The maximum atomic E-state index is 11.8. The quantitative estimate of drug-likeness (QED) is 0.353. The Kier molecular flexibility index (Phi) is 5.88. The minimum Gasteiger partial charge on any atom is -0.495 e. The number of methoxy groups -OCH3 is 1. The largest absolute Gasteiger partial charge is 0.495 e. The molecule has 0 radical (unpaired) electrons. The van der Waals surface area contributed by atoms with Gasteiger partial charge >= 0.3 is 11.9 Å². The van der Waals surface area contributed by atoms with Gasteiger partial charge in [-0.05, 0) is 24.3 Å². The molecule has 0 saturated heterocycles. The molecule has 9 heteroatoms. The summed E-state index contributed by atoms with van der Waals surface area (Å²) in [5.74, 6) is -1.19. The summed E-state index contributed by atoms with van der Waals surface area (Å²) in [7, 11) is 1.47. The molecule has 2 rings (SSSR count). The topological polar surface area (TPSA) is 121 Å². The zero-order valence-corrected chi connectivity index (χ0v) is 13.1. The summed E-state index contributed by atoms with van der Waals surface area (Å²) < 4.78 is 14.7. The summed E-state index contributed by atoms with van der Waals surface area (Å²) in [6, 6.07) is 9.27. The minimum atomic E-state index is -0.797. The van der Waals surface area contributed by atoms with E-state index in [-0.39, 0.29) is 5.76 Å². The average molecular weight is 346 g/mol. The molecule has 0 aliphatic carbocycles. The highest BCUT2D eigenvalue weighted by atomic mass is 16.6. The van der Waals surface area contributed by atoms with Crippen molar-refractivity contribution in [3.8, 4) is 5.75 Å². The van der Waals surface area contributed by atoms with Gasteiger partial charge in [-0.25, -0.2) is 4.79 Å². The van der Waals surface area contributed by atoms with Crippen LogP contribution < -0.4 is 10.1 Å². The monoisotopic (exact) mass is 346 g/mol. The molecular weight excluding hydrogens is 332 g/mol. The van der Waals surface area contributed by atoms with Gasteiger partial charge in [-0.15, -0.1) is 0 Å². The van der Waals surface area contributed by atoms with Gasteiger partial charge in [0.05, 0.1) is 18.9 Å². The van der Waals surface area contributed by atoms with E-state index in [0.717, 1.165) is 12.1 Å². The van der Waals surface area contributed by atoms with Crippen LogP contribution in [0.2, 0.25) is 0 Å². The lowest BCUT2D eigenvalue weighted by atomic mass is 10.3. The first-order valence-electron chi connectivity index (χ1n) is 7.01. The fraction of sp³-hybridized carbons (Fsp3) is 0.125. The number of hydrogen-bond donors (Lipinski definition) is 1. The first kappa shape index (κ1) is 17.7. The van der Waals surface area contributed by atoms with Crippen LogP contribution >= 0.6 is 0 Å². The number of furan rings is 1. The molecule has 130 valence electrons. The second-order valence-electron chi connectivity index (χ2n) is 4.62. The lowest BCUT2D eigenvalue weighted by Crippen LogP contribution is -2.20. The van der Waals surface area contributed by atoms with Crippen LogP contribution in [0.5, 0.6) is 5.75 Å². The number of hydrogen-bond acceptors (Lipinski definition) is 7. The SMILES string of the molecule is COc1ccccc1NC(=O)COC(=O)/C=C/c1ccc([N+](=O)[O-])o1. The Bertz CT molecular complexity index is 810. The number of nitro groups is 1. The zero-order valence-electron chi connectivity index (χ0n) is 13.1. The van der Waals surface area contributed by atoms with E-state index in [2.05, 4.69) is 5.32 Å². The lowest BCUT2D eigenvalue weighted by Gasteiger charge is -2.09. The van der Waals surface area contributed by atoms with Gasteiger partial charge in [0.25, 0.3) is 5.91 Å². The predicted molar refractivity (Wildman–Crippen MR) is 87.0 cm³/mol. The highest BCUT2D eigenvalue weighted by Gasteiger charge is 2.11. The van der Waals surface area contributed by atoms with Crippen LogP contribution in [0.25, 0.3) is 6.08 Å². The van der Waals surface area contributed by atoms with Crippen molar-refractivity contribution in [3.05, 3.63) is 58.3 Å².